The number of aromatic carboxylic acids is 1. The highest BCUT2D eigenvalue weighted by Gasteiger charge is 2.54. The van der Waals surface area contributed by atoms with Crippen molar-refractivity contribution in [1.82, 2.24) is 25.5 Å². The van der Waals surface area contributed by atoms with Gasteiger partial charge < -0.3 is 15.2 Å². The van der Waals surface area contributed by atoms with Gasteiger partial charge in [-0.2, -0.15) is 5.10 Å². The predicted octanol–water partition coefficient (Wildman–Crippen LogP) is 4.92. The quantitative estimate of drug-likeness (QED) is 0.219. The van der Waals surface area contributed by atoms with Gasteiger partial charge in [-0.15, -0.1) is 0 Å². The molecule has 1 aliphatic carbocycles. The van der Waals surface area contributed by atoms with Crippen LogP contribution in [-0.2, 0) is 0 Å². The number of ether oxygens (including phenoxy) is 1. The zero-order valence-electron chi connectivity index (χ0n) is 23.4. The van der Waals surface area contributed by atoms with E-state index in [1.54, 1.807) is 30.6 Å². The van der Waals surface area contributed by atoms with Crippen molar-refractivity contribution in [3.63, 3.8) is 0 Å². The fourth-order valence-corrected chi connectivity index (χ4v) is 6.64. The van der Waals surface area contributed by atoms with Gasteiger partial charge in [0.2, 0.25) is 0 Å². The number of carbonyl (C=O) groups is 3. The Morgan fingerprint density at radius 2 is 1.86 bits per heavy atom. The number of rotatable bonds is 6. The lowest BCUT2D eigenvalue weighted by Gasteiger charge is -2.45. The highest BCUT2D eigenvalue weighted by atomic mass is 16.5. The number of fused-ring (bicyclic) bond motifs is 2. The van der Waals surface area contributed by atoms with E-state index in [0.29, 0.717) is 70.9 Å². The summed E-state index contributed by atoms with van der Waals surface area (Å²) in [7, 11) is 0. The Kier molecular flexibility index (Phi) is 6.20. The van der Waals surface area contributed by atoms with Gasteiger partial charge in [-0.25, -0.2) is 9.78 Å². The first-order valence-corrected chi connectivity index (χ1v) is 14.4. The van der Waals surface area contributed by atoms with Crippen LogP contribution in [0.1, 0.15) is 93.7 Å². The van der Waals surface area contributed by atoms with Crippen molar-refractivity contribution in [3.8, 4) is 16.9 Å². The number of carboxylic acids is 1. The molecule has 1 saturated heterocycles. The molecule has 1 saturated carbocycles. The first-order valence-electron chi connectivity index (χ1n) is 14.4. The smallest absolute Gasteiger partial charge is 0.337 e. The summed E-state index contributed by atoms with van der Waals surface area (Å²) in [5.41, 5.74) is 3.42. The third-order valence-corrected chi connectivity index (χ3v) is 8.83. The summed E-state index contributed by atoms with van der Waals surface area (Å²) in [4.78, 5) is 50.0. The average Bonchev–Trinajstić information content (AvgIpc) is 3.73. The number of hydrogen-bond donors (Lipinski definition) is 3. The summed E-state index contributed by atoms with van der Waals surface area (Å²) in [6.45, 7) is 5.37. The van der Waals surface area contributed by atoms with Gasteiger partial charge in [-0.1, -0.05) is 19.9 Å². The second-order valence-corrected chi connectivity index (χ2v) is 11.9. The fourth-order valence-electron chi connectivity index (χ4n) is 6.64. The van der Waals surface area contributed by atoms with E-state index in [9.17, 15) is 19.5 Å². The second kappa shape index (κ2) is 9.84. The Morgan fingerprint density at radius 1 is 1.07 bits per heavy atom. The standard InChI is InChI=1S/C32H31N5O5/c1-16(2)24-25(22-15-35-37-30(22)36-27(24)17-3-4-17)29(39)26-28(38)21-12-18(19-11-20(31(40)41)14-34-13-19)5-6-23(21)42-32(26)7-9-33-10-8-32/h5-6,11-17,26,33H,3-4,7-10H2,1-2H3,(H,40,41)(H,35,36,37)/t26-/m0/s1. The fraction of sp³-hybridized carbons (Fsp3) is 0.375. The molecule has 3 aromatic heterocycles. The molecule has 0 unspecified atom stereocenters. The third kappa shape index (κ3) is 4.20. The minimum absolute atomic E-state index is 0.0165. The molecule has 2 aliphatic heterocycles. The van der Waals surface area contributed by atoms with Crippen LogP contribution >= 0.6 is 0 Å². The SMILES string of the molecule is CC(C)c1c(C2CC2)nc2[nH]ncc2c1C(=O)[C@@H]1C(=O)c2cc(-c3cncc(C(=O)O)c3)ccc2OC12CCNCC2. The normalized spacial score (nSPS) is 19.6. The topological polar surface area (TPSA) is 147 Å². The molecule has 5 heterocycles. The number of H-pyrrole nitrogens is 1. The molecule has 10 nitrogen and oxygen atoms in total. The van der Waals surface area contributed by atoms with Crippen molar-refractivity contribution in [1.29, 1.82) is 0 Å². The molecule has 0 bridgehead atoms. The average molecular weight is 566 g/mol. The number of carbonyl (C=O) groups excluding carboxylic acids is 2. The lowest BCUT2D eigenvalue weighted by atomic mass is 9.69. The van der Waals surface area contributed by atoms with Crippen LogP contribution in [0.5, 0.6) is 5.75 Å². The molecule has 3 N–H and O–H groups in total. The van der Waals surface area contributed by atoms with E-state index in [0.717, 1.165) is 24.1 Å². The van der Waals surface area contributed by atoms with E-state index in [1.165, 1.54) is 12.3 Å². The lowest BCUT2D eigenvalue weighted by molar-refractivity contribution is -0.0138. The van der Waals surface area contributed by atoms with Crippen molar-refractivity contribution in [2.24, 2.45) is 5.92 Å². The Hall–Kier alpha value is -4.44. The van der Waals surface area contributed by atoms with Crippen LogP contribution in [0.2, 0.25) is 0 Å². The number of pyridine rings is 2. The number of aromatic amines is 1. The first-order chi connectivity index (χ1) is 20.3. The summed E-state index contributed by atoms with van der Waals surface area (Å²) < 4.78 is 6.69. The minimum atomic E-state index is -1.09. The molecule has 0 radical (unpaired) electrons. The van der Waals surface area contributed by atoms with Crippen LogP contribution in [-0.4, -0.2) is 61.5 Å². The van der Waals surface area contributed by atoms with Crippen LogP contribution in [0.25, 0.3) is 22.2 Å². The Bertz CT molecular complexity index is 1770. The van der Waals surface area contributed by atoms with Gasteiger partial charge in [0.15, 0.2) is 17.2 Å². The van der Waals surface area contributed by atoms with Crippen molar-refractivity contribution in [2.75, 3.05) is 13.1 Å². The lowest BCUT2D eigenvalue weighted by Crippen LogP contribution is -2.58. The number of nitrogens with one attached hydrogen (secondary N) is 2. The highest BCUT2D eigenvalue weighted by Crippen LogP contribution is 2.48. The molecular weight excluding hydrogens is 534 g/mol. The molecule has 4 aromatic rings. The van der Waals surface area contributed by atoms with Crippen molar-refractivity contribution in [2.45, 2.75) is 57.0 Å². The van der Waals surface area contributed by atoms with E-state index < -0.39 is 17.5 Å². The molecule has 1 aromatic carbocycles. The largest absolute Gasteiger partial charge is 0.485 e. The highest BCUT2D eigenvalue weighted by molar-refractivity contribution is 6.22. The van der Waals surface area contributed by atoms with E-state index >= 15 is 0 Å². The van der Waals surface area contributed by atoms with E-state index in [2.05, 4.69) is 34.3 Å². The van der Waals surface area contributed by atoms with Crippen LogP contribution in [0.4, 0.5) is 0 Å². The molecular formula is C32H31N5O5. The molecule has 1 spiro atoms. The van der Waals surface area contributed by atoms with Crippen LogP contribution < -0.4 is 10.1 Å². The first kappa shape index (κ1) is 26.5. The van der Waals surface area contributed by atoms with Crippen LogP contribution in [0.15, 0.2) is 42.9 Å². The molecule has 10 heteroatoms. The molecule has 1 atom stereocenters. The molecule has 3 aliphatic rings. The summed E-state index contributed by atoms with van der Waals surface area (Å²) in [5.74, 6) is -1.95. The number of hydrogen-bond acceptors (Lipinski definition) is 8. The van der Waals surface area contributed by atoms with Crippen molar-refractivity contribution >= 4 is 28.6 Å². The Morgan fingerprint density at radius 3 is 2.57 bits per heavy atom. The number of piperidine rings is 1. The summed E-state index contributed by atoms with van der Waals surface area (Å²) in [5, 5.41) is 20.6. The number of Topliss-reactive ketones (excluding diaryl/α,β-unsaturated/α-hetero) is 2. The molecule has 0 amide bonds. The molecule has 2 fully saturated rings. The Balaban J connectivity index is 1.39. The third-order valence-electron chi connectivity index (χ3n) is 8.83. The van der Waals surface area contributed by atoms with Gasteiger partial charge in [0.1, 0.15) is 17.3 Å². The summed E-state index contributed by atoms with van der Waals surface area (Å²) in [6.07, 6.45) is 7.53. The maximum Gasteiger partial charge on any atom is 0.337 e. The summed E-state index contributed by atoms with van der Waals surface area (Å²) in [6, 6.07) is 6.74. The molecule has 42 heavy (non-hydrogen) atoms. The second-order valence-electron chi connectivity index (χ2n) is 11.9. The zero-order valence-corrected chi connectivity index (χ0v) is 23.4. The maximum atomic E-state index is 14.9. The van der Waals surface area contributed by atoms with Gasteiger partial charge in [0.05, 0.1) is 23.0 Å². The maximum absolute atomic E-state index is 14.9. The van der Waals surface area contributed by atoms with E-state index in [-0.39, 0.29) is 23.0 Å². The van der Waals surface area contributed by atoms with Gasteiger partial charge in [-0.05, 0) is 61.2 Å². The number of benzene rings is 1. The van der Waals surface area contributed by atoms with Gasteiger partial charge in [0.25, 0.3) is 0 Å². The number of nitrogens with zero attached hydrogens (tertiary/aromatic N) is 3. The minimum Gasteiger partial charge on any atom is -0.485 e. The van der Waals surface area contributed by atoms with Crippen molar-refractivity contribution in [3.05, 3.63) is 70.8 Å². The number of aromatic nitrogens is 4. The van der Waals surface area contributed by atoms with Crippen molar-refractivity contribution < 1.29 is 24.2 Å². The monoisotopic (exact) mass is 565 g/mol. The van der Waals surface area contributed by atoms with Gasteiger partial charge in [0, 0.05) is 47.7 Å². The van der Waals surface area contributed by atoms with E-state index in [4.69, 9.17) is 9.72 Å². The number of carboxylic acid groups (broad SMARTS) is 1. The van der Waals surface area contributed by atoms with Crippen LogP contribution in [0, 0.1) is 5.92 Å². The van der Waals surface area contributed by atoms with E-state index in [1.807, 2.05) is 0 Å². The zero-order chi connectivity index (χ0) is 29.2. The summed E-state index contributed by atoms with van der Waals surface area (Å²) >= 11 is 0. The van der Waals surface area contributed by atoms with Gasteiger partial charge in [-0.3, -0.25) is 19.7 Å². The van der Waals surface area contributed by atoms with Crippen LogP contribution in [0.3, 0.4) is 0 Å². The molecule has 7 rings (SSSR count). The molecule has 214 valence electrons. The predicted molar refractivity (Wildman–Crippen MR) is 154 cm³/mol. The Labute approximate surface area is 241 Å². The number of ketones is 2. The van der Waals surface area contributed by atoms with Gasteiger partial charge >= 0.3 is 5.97 Å².